The van der Waals surface area contributed by atoms with Crippen LogP contribution in [0.4, 0.5) is 8.78 Å². The number of benzene rings is 2. The third kappa shape index (κ3) is 6.28. The summed E-state index contributed by atoms with van der Waals surface area (Å²) >= 11 is 1.20. The number of halogens is 2. The number of carbonyl (C=O) groups excluding carboxylic acids is 2. The molecule has 1 unspecified atom stereocenters. The second-order valence-corrected chi connectivity index (χ2v) is 12.5. The van der Waals surface area contributed by atoms with Gasteiger partial charge in [-0.15, -0.1) is 11.3 Å². The van der Waals surface area contributed by atoms with E-state index in [-0.39, 0.29) is 61.0 Å². The third-order valence-corrected chi connectivity index (χ3v) is 8.75. The molecule has 8 nitrogen and oxygen atoms in total. The fourth-order valence-corrected chi connectivity index (χ4v) is 6.17. The average Bonchev–Trinajstić information content (AvgIpc) is 3.47. The standard InChI is InChI=1S/C33H34F2N4O4S/c1-5-27(40)37-18-33(4)19-38(20(2)3)32(42)28-30(43-17-21-9-7-6-8-10-21)29(41)25(16-39(28)33)31-36-15-24(44-31)13-22-11-12-23(34)14-26(22)35/h6-12,14-16,20H,5,13,17-19H2,1-4H3,(H,37,40). The van der Waals surface area contributed by atoms with Crippen LogP contribution in [0.5, 0.6) is 5.75 Å². The van der Waals surface area contributed by atoms with E-state index in [1.165, 1.54) is 23.5 Å². The number of pyridine rings is 1. The molecule has 0 aliphatic carbocycles. The van der Waals surface area contributed by atoms with Crippen LogP contribution < -0.4 is 15.5 Å². The fraction of sp³-hybridized carbons (Fsp3) is 0.333. The van der Waals surface area contributed by atoms with Crippen LogP contribution in [0, 0.1) is 11.6 Å². The van der Waals surface area contributed by atoms with Crippen LogP contribution in [-0.2, 0) is 23.4 Å². The summed E-state index contributed by atoms with van der Waals surface area (Å²) < 4.78 is 35.7. The van der Waals surface area contributed by atoms with Crippen LogP contribution >= 0.6 is 11.3 Å². The largest absolute Gasteiger partial charge is 0.483 e. The Hall–Kier alpha value is -4.38. The molecule has 5 rings (SSSR count). The summed E-state index contributed by atoms with van der Waals surface area (Å²) in [6, 6.07) is 12.6. The number of hydrogen-bond donors (Lipinski definition) is 1. The molecular formula is C33H34F2N4O4S. The Morgan fingerprint density at radius 3 is 2.59 bits per heavy atom. The van der Waals surface area contributed by atoms with Crippen molar-refractivity contribution >= 4 is 23.2 Å². The molecule has 0 bridgehead atoms. The summed E-state index contributed by atoms with van der Waals surface area (Å²) in [6.45, 7) is 8.03. The Morgan fingerprint density at radius 2 is 1.91 bits per heavy atom. The molecule has 0 spiro atoms. The summed E-state index contributed by atoms with van der Waals surface area (Å²) in [7, 11) is 0. The Balaban J connectivity index is 1.64. The average molecular weight is 621 g/mol. The van der Waals surface area contributed by atoms with Crippen molar-refractivity contribution in [2.45, 2.75) is 58.7 Å². The van der Waals surface area contributed by atoms with Crippen LogP contribution in [0.1, 0.15) is 60.6 Å². The van der Waals surface area contributed by atoms with Crippen LogP contribution in [0.3, 0.4) is 0 Å². The van der Waals surface area contributed by atoms with Gasteiger partial charge in [0.25, 0.3) is 5.91 Å². The highest BCUT2D eigenvalue weighted by Crippen LogP contribution is 2.35. The van der Waals surface area contributed by atoms with Crippen molar-refractivity contribution in [3.05, 3.63) is 104 Å². The van der Waals surface area contributed by atoms with Gasteiger partial charge in [-0.25, -0.2) is 13.8 Å². The number of aromatic nitrogens is 2. The van der Waals surface area contributed by atoms with Gasteiger partial charge in [0.1, 0.15) is 23.2 Å². The van der Waals surface area contributed by atoms with E-state index in [0.717, 1.165) is 11.6 Å². The number of ether oxygens (including phenoxy) is 1. The molecule has 4 aromatic rings. The predicted octanol–water partition coefficient (Wildman–Crippen LogP) is 5.53. The Bertz CT molecular complexity index is 1750. The van der Waals surface area contributed by atoms with Gasteiger partial charge in [0.15, 0.2) is 11.4 Å². The Kier molecular flexibility index (Phi) is 8.96. The lowest BCUT2D eigenvalue weighted by molar-refractivity contribution is -0.121. The highest BCUT2D eigenvalue weighted by molar-refractivity contribution is 7.15. The van der Waals surface area contributed by atoms with Gasteiger partial charge in [-0.05, 0) is 38.0 Å². The molecule has 1 aliphatic heterocycles. The van der Waals surface area contributed by atoms with E-state index in [2.05, 4.69) is 10.3 Å². The molecular weight excluding hydrogens is 586 g/mol. The van der Waals surface area contributed by atoms with Crippen LogP contribution in [0.25, 0.3) is 10.6 Å². The van der Waals surface area contributed by atoms with Gasteiger partial charge >= 0.3 is 0 Å². The van der Waals surface area contributed by atoms with Gasteiger partial charge in [0.2, 0.25) is 11.3 Å². The van der Waals surface area contributed by atoms with Crippen molar-refractivity contribution in [1.82, 2.24) is 19.8 Å². The first-order chi connectivity index (χ1) is 21.0. The quantitative estimate of drug-likeness (QED) is 0.252. The van der Waals surface area contributed by atoms with Gasteiger partial charge in [0, 0.05) is 55.3 Å². The first-order valence-electron chi connectivity index (χ1n) is 14.4. The molecule has 2 aromatic heterocycles. The summed E-state index contributed by atoms with van der Waals surface area (Å²) in [6.07, 6.45) is 3.63. The number of fused-ring (bicyclic) bond motifs is 1. The maximum absolute atomic E-state index is 14.4. The molecule has 44 heavy (non-hydrogen) atoms. The van der Waals surface area contributed by atoms with Crippen molar-refractivity contribution in [1.29, 1.82) is 0 Å². The lowest BCUT2D eigenvalue weighted by atomic mass is 9.94. The van der Waals surface area contributed by atoms with Gasteiger partial charge in [-0.3, -0.25) is 14.4 Å². The number of thiazole rings is 1. The second-order valence-electron chi connectivity index (χ2n) is 11.4. The first-order valence-corrected chi connectivity index (χ1v) is 15.3. The lowest BCUT2D eigenvalue weighted by Crippen LogP contribution is -2.59. The van der Waals surface area contributed by atoms with E-state index in [0.29, 0.717) is 21.9 Å². The smallest absolute Gasteiger partial charge is 0.274 e. The van der Waals surface area contributed by atoms with Gasteiger partial charge in [-0.1, -0.05) is 43.3 Å². The Labute approximate surface area is 258 Å². The molecule has 230 valence electrons. The third-order valence-electron chi connectivity index (χ3n) is 7.72. The number of carbonyl (C=O) groups is 2. The molecule has 0 saturated heterocycles. The van der Waals surface area contributed by atoms with Gasteiger partial charge in [-0.2, -0.15) is 0 Å². The molecule has 3 heterocycles. The van der Waals surface area contributed by atoms with Crippen LogP contribution in [0.2, 0.25) is 0 Å². The number of amides is 2. The molecule has 1 atom stereocenters. The molecule has 0 radical (unpaired) electrons. The van der Waals surface area contributed by atoms with Crippen molar-refractivity contribution in [3.8, 4) is 16.3 Å². The molecule has 1 aliphatic rings. The van der Waals surface area contributed by atoms with Crippen LogP contribution in [-0.4, -0.2) is 45.4 Å². The zero-order valence-electron chi connectivity index (χ0n) is 25.0. The molecule has 0 saturated carbocycles. The van der Waals surface area contributed by atoms with Crippen molar-refractivity contribution in [2.75, 3.05) is 13.1 Å². The van der Waals surface area contributed by atoms with E-state index in [4.69, 9.17) is 4.74 Å². The molecule has 0 fully saturated rings. The second kappa shape index (κ2) is 12.7. The van der Waals surface area contributed by atoms with E-state index in [1.54, 1.807) is 28.8 Å². The molecule has 1 N–H and O–H groups in total. The van der Waals surface area contributed by atoms with Gasteiger partial charge < -0.3 is 19.5 Å². The molecule has 11 heteroatoms. The fourth-order valence-electron chi connectivity index (χ4n) is 5.22. The lowest BCUT2D eigenvalue weighted by Gasteiger charge is -2.45. The van der Waals surface area contributed by atoms with E-state index in [9.17, 15) is 23.2 Å². The zero-order valence-corrected chi connectivity index (χ0v) is 25.8. The maximum atomic E-state index is 14.4. The number of rotatable bonds is 10. The minimum absolute atomic E-state index is 0.0533. The van der Waals surface area contributed by atoms with E-state index >= 15 is 0 Å². The zero-order chi connectivity index (χ0) is 31.6. The number of nitrogens with zero attached hydrogens (tertiary/aromatic N) is 3. The topological polar surface area (TPSA) is 93.5 Å². The molecule has 2 amide bonds. The minimum Gasteiger partial charge on any atom is -0.483 e. The Morgan fingerprint density at radius 1 is 1.16 bits per heavy atom. The molecule has 2 aromatic carbocycles. The number of nitrogens with one attached hydrogen (secondary N) is 1. The first kappa shape index (κ1) is 31.1. The maximum Gasteiger partial charge on any atom is 0.274 e. The van der Waals surface area contributed by atoms with Crippen molar-refractivity contribution < 1.29 is 23.1 Å². The monoisotopic (exact) mass is 620 g/mol. The predicted molar refractivity (Wildman–Crippen MR) is 165 cm³/mol. The SMILES string of the molecule is CCC(=O)NCC1(C)CN(C(C)C)C(=O)c2c(OCc3ccccc3)c(=O)c(-c3ncc(Cc4ccc(F)cc4F)s3)cn21. The van der Waals surface area contributed by atoms with E-state index in [1.807, 2.05) is 51.1 Å². The van der Waals surface area contributed by atoms with Crippen LogP contribution in [0.15, 0.2) is 65.7 Å². The highest BCUT2D eigenvalue weighted by Gasteiger charge is 2.43. The van der Waals surface area contributed by atoms with Crippen molar-refractivity contribution in [2.24, 2.45) is 0 Å². The minimum atomic E-state index is -0.830. The summed E-state index contributed by atoms with van der Waals surface area (Å²) in [4.78, 5) is 47.3. The summed E-state index contributed by atoms with van der Waals surface area (Å²) in [5, 5.41) is 3.32. The summed E-state index contributed by atoms with van der Waals surface area (Å²) in [5.41, 5.74) is 0.104. The van der Waals surface area contributed by atoms with Gasteiger partial charge in [0.05, 0.1) is 11.1 Å². The van der Waals surface area contributed by atoms with Crippen molar-refractivity contribution in [3.63, 3.8) is 0 Å². The number of hydrogen-bond acceptors (Lipinski definition) is 6. The summed E-state index contributed by atoms with van der Waals surface area (Å²) in [5.74, 6) is -1.91. The van der Waals surface area contributed by atoms with E-state index < -0.39 is 22.6 Å². The highest BCUT2D eigenvalue weighted by atomic mass is 32.1. The normalized spacial score (nSPS) is 16.2.